The Kier molecular flexibility index (Phi) is 4.35. The first-order chi connectivity index (χ1) is 11.2. The van der Waals surface area contributed by atoms with Crippen molar-refractivity contribution in [2.24, 2.45) is 0 Å². The topological polar surface area (TPSA) is 86.3 Å². The lowest BCUT2D eigenvalue weighted by Gasteiger charge is -2.26. The maximum Gasteiger partial charge on any atom is 0.410 e. The van der Waals surface area contributed by atoms with Crippen molar-refractivity contribution in [3.8, 4) is 0 Å². The third-order valence-electron chi connectivity index (χ3n) is 4.17. The van der Waals surface area contributed by atoms with Gasteiger partial charge in [-0.25, -0.2) is 14.8 Å². The molecule has 0 unspecified atom stereocenters. The van der Waals surface area contributed by atoms with Crippen molar-refractivity contribution in [3.63, 3.8) is 0 Å². The molecule has 2 aromatic rings. The van der Waals surface area contributed by atoms with Crippen molar-refractivity contribution in [3.05, 3.63) is 16.1 Å². The van der Waals surface area contributed by atoms with Crippen LogP contribution in [0.1, 0.15) is 40.2 Å². The Morgan fingerprint density at radius 2 is 2.12 bits per heavy atom. The Morgan fingerprint density at radius 1 is 1.42 bits per heavy atom. The van der Waals surface area contributed by atoms with Crippen LogP contribution < -0.4 is 5.73 Å². The van der Waals surface area contributed by atoms with E-state index in [0.717, 1.165) is 21.0 Å². The zero-order valence-electron chi connectivity index (χ0n) is 14.3. The quantitative estimate of drug-likeness (QED) is 0.685. The second kappa shape index (κ2) is 6.05. The summed E-state index contributed by atoms with van der Waals surface area (Å²) in [6.07, 6.45) is 4.10. The Bertz CT molecular complexity index is 783. The van der Waals surface area contributed by atoms with Crippen LogP contribution in [0.15, 0.2) is 12.5 Å². The van der Waals surface area contributed by atoms with Crippen LogP contribution in [0.3, 0.4) is 0 Å². The number of fused-ring (bicyclic) bond motifs is 1. The predicted octanol–water partition coefficient (Wildman–Crippen LogP) is 3.19. The molecular weight excluding hydrogens is 421 g/mol. The molecule has 7 nitrogen and oxygen atoms in total. The number of halogens is 1. The number of rotatable bonds is 1. The molecule has 1 saturated heterocycles. The summed E-state index contributed by atoms with van der Waals surface area (Å²) in [5.41, 5.74) is 6.31. The number of nitrogen functional groups attached to an aromatic ring is 1. The smallest absolute Gasteiger partial charge is 0.410 e. The van der Waals surface area contributed by atoms with E-state index >= 15 is 0 Å². The molecule has 1 amide bonds. The third kappa shape index (κ3) is 3.15. The number of nitrogens with two attached hydrogens (primary N) is 1. The lowest BCUT2D eigenvalue weighted by atomic mass is 10.2. The number of aromatic nitrogens is 3. The average molecular weight is 443 g/mol. The summed E-state index contributed by atoms with van der Waals surface area (Å²) in [6, 6.07) is 0.256. The molecule has 0 spiro atoms. The first-order valence-corrected chi connectivity index (χ1v) is 9.01. The van der Waals surface area contributed by atoms with Crippen LogP contribution in [0.4, 0.5) is 10.6 Å². The summed E-state index contributed by atoms with van der Waals surface area (Å²) >= 11 is 2.25. The minimum absolute atomic E-state index is 0.110. The Hall–Kier alpha value is -1.58. The molecule has 24 heavy (non-hydrogen) atoms. The van der Waals surface area contributed by atoms with Gasteiger partial charge < -0.3 is 19.9 Å². The van der Waals surface area contributed by atoms with Crippen molar-refractivity contribution >= 4 is 45.5 Å². The summed E-state index contributed by atoms with van der Waals surface area (Å²) in [6.45, 7) is 8.28. The number of amides is 1. The molecule has 1 aliphatic rings. The molecule has 1 fully saturated rings. The van der Waals surface area contributed by atoms with Crippen molar-refractivity contribution in [2.45, 2.75) is 51.8 Å². The van der Waals surface area contributed by atoms with E-state index in [1.54, 1.807) is 4.90 Å². The van der Waals surface area contributed by atoms with Crippen LogP contribution in [0.5, 0.6) is 0 Å². The van der Waals surface area contributed by atoms with E-state index in [4.69, 9.17) is 10.5 Å². The molecule has 2 aromatic heterocycles. The number of nitrogens with zero attached hydrogens (tertiary/aromatic N) is 4. The van der Waals surface area contributed by atoms with E-state index in [1.807, 2.05) is 33.9 Å². The van der Waals surface area contributed by atoms with Crippen LogP contribution in [-0.4, -0.2) is 43.7 Å². The molecule has 1 aliphatic heterocycles. The van der Waals surface area contributed by atoms with E-state index in [9.17, 15) is 4.79 Å². The highest BCUT2D eigenvalue weighted by molar-refractivity contribution is 14.1. The van der Waals surface area contributed by atoms with Gasteiger partial charge in [0.2, 0.25) is 0 Å². The highest BCUT2D eigenvalue weighted by atomic mass is 127. The maximum absolute atomic E-state index is 12.4. The van der Waals surface area contributed by atoms with Gasteiger partial charge in [-0.2, -0.15) is 0 Å². The van der Waals surface area contributed by atoms with Crippen molar-refractivity contribution in [2.75, 3.05) is 12.3 Å². The first-order valence-electron chi connectivity index (χ1n) is 7.93. The van der Waals surface area contributed by atoms with Gasteiger partial charge in [0.05, 0.1) is 11.4 Å². The molecular formula is C16H22IN5O2. The van der Waals surface area contributed by atoms with Gasteiger partial charge in [-0.05, 0) is 56.7 Å². The average Bonchev–Trinajstić information content (AvgIpc) is 2.99. The summed E-state index contributed by atoms with van der Waals surface area (Å²) in [5.74, 6) is 0.484. The number of carbonyl (C=O) groups excluding carboxylic acids is 1. The van der Waals surface area contributed by atoms with Crippen molar-refractivity contribution < 1.29 is 9.53 Å². The van der Waals surface area contributed by atoms with Crippen LogP contribution in [0, 0.1) is 3.57 Å². The normalized spacial score (nSPS) is 21.5. The molecule has 2 atom stereocenters. The zero-order valence-corrected chi connectivity index (χ0v) is 16.4. The lowest BCUT2D eigenvalue weighted by molar-refractivity contribution is 0.0234. The molecule has 0 bridgehead atoms. The fraction of sp³-hybridized carbons (Fsp3) is 0.562. The zero-order chi connectivity index (χ0) is 17.6. The fourth-order valence-corrected chi connectivity index (χ4v) is 3.94. The lowest BCUT2D eigenvalue weighted by Crippen LogP contribution is -2.38. The second-order valence-corrected chi connectivity index (χ2v) is 8.38. The fourth-order valence-electron chi connectivity index (χ4n) is 3.12. The summed E-state index contributed by atoms with van der Waals surface area (Å²) in [7, 11) is 0. The molecule has 0 saturated carbocycles. The van der Waals surface area contributed by atoms with Crippen LogP contribution in [0.25, 0.3) is 11.0 Å². The van der Waals surface area contributed by atoms with Gasteiger partial charge in [-0.3, -0.25) is 0 Å². The molecule has 0 radical (unpaired) electrons. The van der Waals surface area contributed by atoms with Crippen molar-refractivity contribution in [1.29, 1.82) is 0 Å². The third-order valence-corrected chi connectivity index (χ3v) is 4.98. The number of anilines is 1. The Labute approximate surface area is 154 Å². The highest BCUT2D eigenvalue weighted by Crippen LogP contribution is 2.34. The van der Waals surface area contributed by atoms with E-state index in [0.29, 0.717) is 12.4 Å². The number of ether oxygens (including phenoxy) is 1. The number of likely N-dealkylation sites (tertiary alicyclic amines) is 1. The molecule has 8 heteroatoms. The second-order valence-electron chi connectivity index (χ2n) is 7.21. The van der Waals surface area contributed by atoms with Gasteiger partial charge in [0.25, 0.3) is 0 Å². The molecule has 3 heterocycles. The van der Waals surface area contributed by atoms with Gasteiger partial charge in [-0.1, -0.05) is 0 Å². The minimum Gasteiger partial charge on any atom is -0.444 e. The standard InChI is InChI=1S/C16H22IN5O2/c1-9-5-10(6-21(9)15(23)24-16(2,3)4)22-7-11(17)12-13(18)19-8-20-14(12)22/h7-10H,5-6H2,1-4H3,(H2,18,19,20)/t9-,10+/m0/s1. The molecule has 0 aromatic carbocycles. The molecule has 3 rings (SSSR count). The maximum atomic E-state index is 12.4. The Morgan fingerprint density at radius 3 is 2.79 bits per heavy atom. The number of hydrogen-bond acceptors (Lipinski definition) is 5. The van der Waals surface area contributed by atoms with E-state index in [-0.39, 0.29) is 18.2 Å². The molecule has 2 N–H and O–H groups in total. The minimum atomic E-state index is -0.494. The van der Waals surface area contributed by atoms with E-state index in [1.165, 1.54) is 6.33 Å². The van der Waals surface area contributed by atoms with E-state index < -0.39 is 5.60 Å². The Balaban J connectivity index is 1.88. The summed E-state index contributed by atoms with van der Waals surface area (Å²) in [4.78, 5) is 22.7. The monoisotopic (exact) mass is 443 g/mol. The number of carbonyl (C=O) groups is 1. The van der Waals surface area contributed by atoms with E-state index in [2.05, 4.69) is 37.1 Å². The van der Waals surface area contributed by atoms with Gasteiger partial charge in [-0.15, -0.1) is 0 Å². The predicted molar refractivity (Wildman–Crippen MR) is 101 cm³/mol. The van der Waals surface area contributed by atoms with Crippen LogP contribution >= 0.6 is 22.6 Å². The van der Waals surface area contributed by atoms with Gasteiger partial charge in [0, 0.05) is 22.4 Å². The van der Waals surface area contributed by atoms with Gasteiger partial charge in [0.15, 0.2) is 0 Å². The molecule has 130 valence electrons. The van der Waals surface area contributed by atoms with Gasteiger partial charge in [0.1, 0.15) is 23.4 Å². The summed E-state index contributed by atoms with van der Waals surface area (Å²) < 4.78 is 8.64. The molecule has 0 aliphatic carbocycles. The number of hydrogen-bond donors (Lipinski definition) is 1. The van der Waals surface area contributed by atoms with Crippen molar-refractivity contribution in [1.82, 2.24) is 19.4 Å². The highest BCUT2D eigenvalue weighted by Gasteiger charge is 2.36. The van der Waals surface area contributed by atoms with Crippen LogP contribution in [0.2, 0.25) is 0 Å². The summed E-state index contributed by atoms with van der Waals surface area (Å²) in [5, 5.41) is 0.876. The first kappa shape index (κ1) is 17.2. The SMILES string of the molecule is C[C@H]1C[C@@H](n2cc(I)c3c(N)ncnc32)CN1C(=O)OC(C)(C)C. The largest absolute Gasteiger partial charge is 0.444 e. The van der Waals surface area contributed by atoms with Gasteiger partial charge >= 0.3 is 6.09 Å². The van der Waals surface area contributed by atoms with Crippen LogP contribution in [-0.2, 0) is 4.74 Å².